The third kappa shape index (κ3) is 2.69. The molecule has 21 heavy (non-hydrogen) atoms. The quantitative estimate of drug-likeness (QED) is 0.676. The first-order chi connectivity index (χ1) is 10.1. The fraction of sp³-hybridized carbons (Fsp3) is 0.267. The minimum absolute atomic E-state index is 0.0686. The number of hydrogen-bond acceptors (Lipinski definition) is 3. The summed E-state index contributed by atoms with van der Waals surface area (Å²) in [5.74, 6) is 1.73. The zero-order valence-electron chi connectivity index (χ0n) is 11.8. The van der Waals surface area contributed by atoms with E-state index >= 15 is 0 Å². The Kier molecular flexibility index (Phi) is 3.73. The molecule has 0 aliphatic heterocycles. The van der Waals surface area contributed by atoms with Gasteiger partial charge in [0, 0.05) is 4.47 Å². The molecule has 2 aromatic heterocycles. The number of nitrogens with one attached hydrogen (secondary N) is 3. The minimum atomic E-state index is -0.206. The van der Waals surface area contributed by atoms with Crippen molar-refractivity contribution >= 4 is 27.0 Å². The van der Waals surface area contributed by atoms with Crippen LogP contribution in [0.5, 0.6) is 0 Å². The maximum Gasteiger partial charge on any atom is 0.323 e. The number of aromatic nitrogens is 2. The van der Waals surface area contributed by atoms with Crippen LogP contribution < -0.4 is 11.0 Å². The van der Waals surface area contributed by atoms with E-state index in [-0.39, 0.29) is 11.7 Å². The number of benzene rings is 1. The summed E-state index contributed by atoms with van der Waals surface area (Å²) in [5.41, 5.74) is 2.38. The largest absolute Gasteiger partial charge is 0.464 e. The van der Waals surface area contributed by atoms with Crippen LogP contribution in [0.15, 0.2) is 37.9 Å². The summed E-state index contributed by atoms with van der Waals surface area (Å²) in [6, 6.07) is 7.72. The van der Waals surface area contributed by atoms with Gasteiger partial charge in [-0.15, -0.1) is 0 Å². The lowest BCUT2D eigenvalue weighted by molar-refractivity contribution is 0.434. The van der Waals surface area contributed by atoms with Gasteiger partial charge in [-0.05, 0) is 43.3 Å². The van der Waals surface area contributed by atoms with Crippen molar-refractivity contribution in [1.29, 1.82) is 0 Å². The molecule has 0 saturated heterocycles. The van der Waals surface area contributed by atoms with Crippen molar-refractivity contribution < 1.29 is 4.42 Å². The summed E-state index contributed by atoms with van der Waals surface area (Å²) in [4.78, 5) is 17.0. The number of aromatic amines is 2. The Balaban J connectivity index is 2.14. The number of fused-ring (bicyclic) bond motifs is 1. The van der Waals surface area contributed by atoms with Gasteiger partial charge in [0.25, 0.3) is 0 Å². The first-order valence-electron chi connectivity index (χ1n) is 6.79. The highest BCUT2D eigenvalue weighted by atomic mass is 79.9. The van der Waals surface area contributed by atoms with Gasteiger partial charge in [-0.2, -0.15) is 0 Å². The Labute approximate surface area is 129 Å². The molecule has 3 aromatic rings. The molecule has 0 saturated carbocycles. The summed E-state index contributed by atoms with van der Waals surface area (Å²) in [5, 5.41) is 3.41. The Hall–Kier alpha value is -1.79. The highest BCUT2D eigenvalue weighted by molar-refractivity contribution is 9.10. The fourth-order valence-electron chi connectivity index (χ4n) is 2.47. The van der Waals surface area contributed by atoms with Crippen molar-refractivity contribution in [2.24, 2.45) is 0 Å². The second-order valence-corrected chi connectivity index (χ2v) is 5.79. The number of hydrogen-bond donors (Lipinski definition) is 3. The molecule has 0 radical (unpaired) electrons. The zero-order chi connectivity index (χ0) is 15.0. The van der Waals surface area contributed by atoms with E-state index < -0.39 is 0 Å². The van der Waals surface area contributed by atoms with Crippen molar-refractivity contribution in [3.63, 3.8) is 0 Å². The summed E-state index contributed by atoms with van der Waals surface area (Å²) in [6.07, 6.45) is 0. The molecule has 1 atom stereocenters. The van der Waals surface area contributed by atoms with E-state index in [1.807, 2.05) is 38.1 Å². The first-order valence-corrected chi connectivity index (χ1v) is 7.59. The third-order valence-electron chi connectivity index (χ3n) is 3.40. The topological polar surface area (TPSA) is 73.8 Å². The Morgan fingerprint density at radius 1 is 1.29 bits per heavy atom. The monoisotopic (exact) mass is 349 g/mol. The van der Waals surface area contributed by atoms with Crippen LogP contribution in [0.25, 0.3) is 11.0 Å². The molecule has 6 heteroatoms. The summed E-state index contributed by atoms with van der Waals surface area (Å²) in [7, 11) is 0. The van der Waals surface area contributed by atoms with Crippen LogP contribution in [0.2, 0.25) is 0 Å². The van der Waals surface area contributed by atoms with Gasteiger partial charge < -0.3 is 19.7 Å². The van der Waals surface area contributed by atoms with E-state index in [0.717, 1.165) is 39.1 Å². The lowest BCUT2D eigenvalue weighted by Crippen LogP contribution is -2.22. The van der Waals surface area contributed by atoms with Gasteiger partial charge in [0.05, 0.1) is 17.1 Å². The molecule has 0 bridgehead atoms. The summed E-state index contributed by atoms with van der Waals surface area (Å²) >= 11 is 3.58. The molecule has 0 spiro atoms. The van der Waals surface area contributed by atoms with Gasteiger partial charge in [-0.3, -0.25) is 0 Å². The average molecular weight is 350 g/mol. The number of furan rings is 1. The van der Waals surface area contributed by atoms with Crippen molar-refractivity contribution in [1.82, 2.24) is 15.3 Å². The van der Waals surface area contributed by atoms with E-state index in [1.54, 1.807) is 0 Å². The van der Waals surface area contributed by atoms with Gasteiger partial charge in [0.1, 0.15) is 11.5 Å². The molecule has 110 valence electrons. The Morgan fingerprint density at radius 3 is 2.62 bits per heavy atom. The molecule has 0 aliphatic rings. The van der Waals surface area contributed by atoms with Crippen molar-refractivity contribution in [2.45, 2.75) is 19.9 Å². The number of rotatable bonds is 4. The standard InChI is InChI=1S/C15H16BrN3O2/c1-3-17-14(13-5-4-8(2)21-13)9-6-11-12(7-10(9)16)19-15(20)18-11/h4-7,14,17H,3H2,1-2H3,(H2,18,19,20). The van der Waals surface area contributed by atoms with Crippen LogP contribution in [0.4, 0.5) is 0 Å². The second-order valence-electron chi connectivity index (χ2n) is 4.94. The van der Waals surface area contributed by atoms with Gasteiger partial charge in [-0.25, -0.2) is 4.79 Å². The van der Waals surface area contributed by atoms with E-state index in [4.69, 9.17) is 4.42 Å². The van der Waals surface area contributed by atoms with E-state index in [0.29, 0.717) is 0 Å². The Bertz CT molecular complexity index is 831. The molecular weight excluding hydrogens is 334 g/mol. The van der Waals surface area contributed by atoms with Gasteiger partial charge in [0.15, 0.2) is 0 Å². The first kappa shape index (κ1) is 14.2. The summed E-state index contributed by atoms with van der Waals surface area (Å²) in [6.45, 7) is 4.78. The third-order valence-corrected chi connectivity index (χ3v) is 4.08. The van der Waals surface area contributed by atoms with Crippen molar-refractivity contribution in [3.05, 3.63) is 56.3 Å². The maximum absolute atomic E-state index is 11.4. The van der Waals surface area contributed by atoms with Crippen LogP contribution in [0.1, 0.15) is 30.0 Å². The maximum atomic E-state index is 11.4. The normalized spacial score (nSPS) is 12.9. The van der Waals surface area contributed by atoms with Crippen LogP contribution in [-0.2, 0) is 0 Å². The van der Waals surface area contributed by atoms with Crippen molar-refractivity contribution in [2.75, 3.05) is 6.54 Å². The number of H-pyrrole nitrogens is 2. The van der Waals surface area contributed by atoms with E-state index in [9.17, 15) is 4.79 Å². The Morgan fingerprint density at radius 2 is 2.00 bits per heavy atom. The van der Waals surface area contributed by atoms with Gasteiger partial charge in [0.2, 0.25) is 0 Å². The lowest BCUT2D eigenvalue weighted by Gasteiger charge is -2.17. The molecule has 5 nitrogen and oxygen atoms in total. The average Bonchev–Trinajstić information content (AvgIpc) is 3.00. The van der Waals surface area contributed by atoms with Crippen LogP contribution >= 0.6 is 15.9 Å². The smallest absolute Gasteiger partial charge is 0.323 e. The molecular formula is C15H16BrN3O2. The lowest BCUT2D eigenvalue weighted by atomic mass is 10.0. The zero-order valence-corrected chi connectivity index (χ0v) is 13.4. The van der Waals surface area contributed by atoms with Crippen molar-refractivity contribution in [3.8, 4) is 0 Å². The molecule has 1 unspecified atom stereocenters. The second kappa shape index (κ2) is 5.54. The molecule has 3 rings (SSSR count). The van der Waals surface area contributed by atoms with Crippen LogP contribution in [-0.4, -0.2) is 16.5 Å². The highest BCUT2D eigenvalue weighted by Crippen LogP contribution is 2.32. The minimum Gasteiger partial charge on any atom is -0.464 e. The molecule has 0 aliphatic carbocycles. The number of imidazole rings is 1. The predicted octanol–water partition coefficient (Wildman–Crippen LogP) is 3.22. The fourth-order valence-corrected chi connectivity index (χ4v) is 3.04. The number of aryl methyl sites for hydroxylation is 1. The molecule has 1 aromatic carbocycles. The molecule has 2 heterocycles. The van der Waals surface area contributed by atoms with Crippen LogP contribution in [0.3, 0.4) is 0 Å². The summed E-state index contributed by atoms with van der Waals surface area (Å²) < 4.78 is 6.68. The van der Waals surface area contributed by atoms with Gasteiger partial charge in [-0.1, -0.05) is 22.9 Å². The SMILES string of the molecule is CCNC(c1ccc(C)o1)c1cc2[nH]c(=O)[nH]c2cc1Br. The van der Waals surface area contributed by atoms with Gasteiger partial charge >= 0.3 is 5.69 Å². The number of halogens is 1. The van der Waals surface area contributed by atoms with E-state index in [2.05, 4.69) is 31.2 Å². The highest BCUT2D eigenvalue weighted by Gasteiger charge is 2.20. The molecule has 0 amide bonds. The van der Waals surface area contributed by atoms with Crippen LogP contribution in [0, 0.1) is 6.92 Å². The molecule has 3 N–H and O–H groups in total. The predicted molar refractivity (Wildman–Crippen MR) is 85.6 cm³/mol. The van der Waals surface area contributed by atoms with E-state index in [1.165, 1.54) is 0 Å². The molecule has 0 fully saturated rings.